The largest absolute Gasteiger partial charge is 0.481 e. The monoisotopic (exact) mass is 339 g/mol. The van der Waals surface area contributed by atoms with Gasteiger partial charge in [-0.3, -0.25) is 4.79 Å². The van der Waals surface area contributed by atoms with Crippen LogP contribution in [0.15, 0.2) is 42.5 Å². The van der Waals surface area contributed by atoms with E-state index in [1.165, 1.54) is 0 Å². The highest BCUT2D eigenvalue weighted by Crippen LogP contribution is 2.24. The van der Waals surface area contributed by atoms with Gasteiger partial charge in [0.2, 0.25) is 0 Å². The number of benzene rings is 2. The first kappa shape index (κ1) is 18.7. The molecule has 0 fully saturated rings. The van der Waals surface area contributed by atoms with Crippen LogP contribution in [0.4, 0.5) is 4.39 Å². The van der Waals surface area contributed by atoms with Gasteiger partial charge in [-0.1, -0.05) is 43.5 Å². The van der Waals surface area contributed by atoms with Gasteiger partial charge in [-0.15, -0.1) is 0 Å². The Morgan fingerprint density at radius 3 is 2.32 bits per heavy atom. The van der Waals surface area contributed by atoms with Crippen molar-refractivity contribution in [2.75, 3.05) is 0 Å². The molecule has 0 aliphatic heterocycles. The molecule has 0 aromatic heterocycles. The van der Waals surface area contributed by atoms with E-state index in [9.17, 15) is 9.18 Å². The van der Waals surface area contributed by atoms with Gasteiger partial charge in [0.05, 0.1) is 11.6 Å². The highest BCUT2D eigenvalue weighted by Gasteiger charge is 2.06. The van der Waals surface area contributed by atoms with Crippen LogP contribution >= 0.6 is 0 Å². The number of aryl methyl sites for hydroxylation is 1. The molecule has 25 heavy (non-hydrogen) atoms. The fourth-order valence-electron chi connectivity index (χ4n) is 2.81. The first-order valence-electron chi connectivity index (χ1n) is 8.61. The molecule has 0 amide bonds. The van der Waals surface area contributed by atoms with Crippen LogP contribution < -0.4 is 0 Å². The number of nitriles is 1. The van der Waals surface area contributed by atoms with Crippen LogP contribution in [-0.4, -0.2) is 11.1 Å². The first-order valence-corrected chi connectivity index (χ1v) is 8.61. The van der Waals surface area contributed by atoms with Gasteiger partial charge in [0, 0.05) is 12.0 Å². The van der Waals surface area contributed by atoms with Crippen molar-refractivity contribution in [3.63, 3.8) is 0 Å². The number of hydrogen-bond acceptors (Lipinski definition) is 2. The van der Waals surface area contributed by atoms with E-state index in [4.69, 9.17) is 10.4 Å². The second-order valence-corrected chi connectivity index (χ2v) is 6.16. The molecule has 4 heteroatoms. The quantitative estimate of drug-likeness (QED) is 0.628. The van der Waals surface area contributed by atoms with Crippen LogP contribution in [0.3, 0.4) is 0 Å². The fraction of sp³-hybridized carbons (Fsp3) is 0.333. The standard InChI is InChI=1S/C21H22FNO2/c22-20-14-16(6-4-2-1-3-5-7-21(24)25)10-13-19(20)18-11-8-17(15-23)9-12-18/h8-14H,1-7H2,(H,24,25). The van der Waals surface area contributed by atoms with E-state index in [1.807, 2.05) is 6.07 Å². The molecule has 1 N–H and O–H groups in total. The van der Waals surface area contributed by atoms with E-state index in [2.05, 4.69) is 6.07 Å². The predicted molar refractivity (Wildman–Crippen MR) is 95.6 cm³/mol. The van der Waals surface area contributed by atoms with Crippen LogP contribution in [0.1, 0.15) is 49.7 Å². The smallest absolute Gasteiger partial charge is 0.303 e. The third-order valence-corrected chi connectivity index (χ3v) is 4.21. The van der Waals surface area contributed by atoms with Crippen molar-refractivity contribution in [3.05, 3.63) is 59.4 Å². The predicted octanol–water partition coefficient (Wildman–Crippen LogP) is 5.33. The molecule has 0 atom stereocenters. The van der Waals surface area contributed by atoms with E-state index >= 15 is 0 Å². The molecule has 130 valence electrons. The highest BCUT2D eigenvalue weighted by atomic mass is 19.1. The summed E-state index contributed by atoms with van der Waals surface area (Å²) >= 11 is 0. The summed E-state index contributed by atoms with van der Waals surface area (Å²) in [4.78, 5) is 10.4. The van der Waals surface area contributed by atoms with E-state index < -0.39 is 5.97 Å². The minimum absolute atomic E-state index is 0.238. The number of carbonyl (C=O) groups is 1. The summed E-state index contributed by atoms with van der Waals surface area (Å²) in [6, 6.07) is 14.3. The molecule has 2 aromatic carbocycles. The minimum Gasteiger partial charge on any atom is -0.481 e. The Bertz CT molecular complexity index is 747. The Labute approximate surface area is 147 Å². The highest BCUT2D eigenvalue weighted by molar-refractivity contribution is 5.66. The Morgan fingerprint density at radius 1 is 1.00 bits per heavy atom. The molecule has 0 saturated heterocycles. The van der Waals surface area contributed by atoms with Crippen LogP contribution in [0.25, 0.3) is 11.1 Å². The molecule has 3 nitrogen and oxygen atoms in total. The van der Waals surface area contributed by atoms with Gasteiger partial charge in [0.25, 0.3) is 0 Å². The third kappa shape index (κ3) is 6.04. The fourth-order valence-corrected chi connectivity index (χ4v) is 2.81. The summed E-state index contributed by atoms with van der Waals surface area (Å²) in [5.74, 6) is -0.985. The Balaban J connectivity index is 1.83. The lowest BCUT2D eigenvalue weighted by atomic mass is 9.99. The van der Waals surface area contributed by atoms with Crippen molar-refractivity contribution in [2.45, 2.75) is 44.9 Å². The van der Waals surface area contributed by atoms with Gasteiger partial charge >= 0.3 is 5.97 Å². The molecule has 0 aliphatic carbocycles. The molecule has 0 aliphatic rings. The van der Waals surface area contributed by atoms with Crippen LogP contribution in [0, 0.1) is 17.1 Å². The van der Waals surface area contributed by atoms with E-state index in [0.29, 0.717) is 11.1 Å². The first-order chi connectivity index (χ1) is 12.1. The molecule has 0 saturated carbocycles. The van der Waals surface area contributed by atoms with E-state index in [-0.39, 0.29) is 12.2 Å². The molecule has 0 unspecified atom stereocenters. The Hall–Kier alpha value is -2.67. The number of unbranched alkanes of at least 4 members (excludes halogenated alkanes) is 4. The maximum Gasteiger partial charge on any atom is 0.303 e. The topological polar surface area (TPSA) is 61.1 Å². The van der Waals surface area contributed by atoms with Crippen molar-refractivity contribution in [1.29, 1.82) is 5.26 Å². The molecule has 0 heterocycles. The molecule has 2 aromatic rings. The normalized spacial score (nSPS) is 10.4. The lowest BCUT2D eigenvalue weighted by Crippen LogP contribution is -1.94. The lowest BCUT2D eigenvalue weighted by Gasteiger charge is -2.07. The Kier molecular flexibility index (Phi) is 7.16. The number of halogens is 1. The van der Waals surface area contributed by atoms with Crippen LogP contribution in [0.2, 0.25) is 0 Å². The number of aliphatic carboxylic acids is 1. The number of hydrogen-bond donors (Lipinski definition) is 1. The summed E-state index contributed by atoms with van der Waals surface area (Å²) < 4.78 is 14.3. The molecule has 0 spiro atoms. The van der Waals surface area contributed by atoms with Gasteiger partial charge in [-0.2, -0.15) is 5.26 Å². The number of nitrogens with zero attached hydrogens (tertiary/aromatic N) is 1. The van der Waals surface area contributed by atoms with Crippen molar-refractivity contribution in [1.82, 2.24) is 0 Å². The maximum atomic E-state index is 14.3. The van der Waals surface area contributed by atoms with Crippen molar-refractivity contribution >= 4 is 5.97 Å². The zero-order valence-electron chi connectivity index (χ0n) is 14.2. The summed E-state index contributed by atoms with van der Waals surface area (Å²) in [5.41, 5.74) is 2.84. The van der Waals surface area contributed by atoms with Gasteiger partial charge < -0.3 is 5.11 Å². The zero-order valence-corrected chi connectivity index (χ0v) is 14.2. The summed E-state index contributed by atoms with van der Waals surface area (Å²) in [6.07, 6.45) is 5.73. The summed E-state index contributed by atoms with van der Waals surface area (Å²) in [7, 11) is 0. The van der Waals surface area contributed by atoms with Gasteiger partial charge in [-0.25, -0.2) is 4.39 Å². The Morgan fingerprint density at radius 2 is 1.68 bits per heavy atom. The number of rotatable bonds is 9. The SMILES string of the molecule is N#Cc1ccc(-c2ccc(CCCCCCCC(=O)O)cc2F)cc1. The van der Waals surface area contributed by atoms with E-state index in [1.54, 1.807) is 36.4 Å². The van der Waals surface area contributed by atoms with Gasteiger partial charge in [0.1, 0.15) is 5.82 Å². The van der Waals surface area contributed by atoms with Crippen molar-refractivity contribution in [3.8, 4) is 17.2 Å². The summed E-state index contributed by atoms with van der Waals surface area (Å²) in [6.45, 7) is 0. The van der Waals surface area contributed by atoms with Crippen molar-refractivity contribution in [2.24, 2.45) is 0 Å². The van der Waals surface area contributed by atoms with Crippen LogP contribution in [-0.2, 0) is 11.2 Å². The molecular formula is C21H22FNO2. The van der Waals surface area contributed by atoms with Gasteiger partial charge in [-0.05, 0) is 48.6 Å². The lowest BCUT2D eigenvalue weighted by molar-refractivity contribution is -0.137. The van der Waals surface area contributed by atoms with Crippen LogP contribution in [0.5, 0.6) is 0 Å². The van der Waals surface area contributed by atoms with E-state index in [0.717, 1.165) is 49.7 Å². The zero-order chi connectivity index (χ0) is 18.1. The molecular weight excluding hydrogens is 317 g/mol. The average molecular weight is 339 g/mol. The summed E-state index contributed by atoms with van der Waals surface area (Å²) in [5, 5.41) is 17.4. The van der Waals surface area contributed by atoms with Crippen molar-refractivity contribution < 1.29 is 14.3 Å². The average Bonchev–Trinajstić information content (AvgIpc) is 2.61. The number of carboxylic acid groups (broad SMARTS) is 1. The molecule has 0 bridgehead atoms. The number of carboxylic acids is 1. The maximum absolute atomic E-state index is 14.3. The third-order valence-electron chi connectivity index (χ3n) is 4.21. The second kappa shape index (κ2) is 9.58. The molecule has 2 rings (SSSR count). The molecule has 0 radical (unpaired) electrons. The second-order valence-electron chi connectivity index (χ2n) is 6.16. The van der Waals surface area contributed by atoms with Gasteiger partial charge in [0.15, 0.2) is 0 Å². The minimum atomic E-state index is -0.738.